The summed E-state index contributed by atoms with van der Waals surface area (Å²) < 4.78 is 0.741. The van der Waals surface area contributed by atoms with Gasteiger partial charge in [-0.25, -0.2) is 4.98 Å². The summed E-state index contributed by atoms with van der Waals surface area (Å²) in [5.41, 5.74) is 0.577. The summed E-state index contributed by atoms with van der Waals surface area (Å²) in [5, 5.41) is 9.87. The van der Waals surface area contributed by atoms with Crippen LogP contribution in [0.5, 0.6) is 0 Å². The number of aromatic amines is 1. The molecule has 0 spiro atoms. The zero-order chi connectivity index (χ0) is 14.0. The smallest absolute Gasteiger partial charge is 0.295 e. The third kappa shape index (κ3) is 3.33. The van der Waals surface area contributed by atoms with E-state index in [0.717, 1.165) is 4.47 Å². The first-order valence-electron chi connectivity index (χ1n) is 5.66. The van der Waals surface area contributed by atoms with E-state index in [1.54, 1.807) is 18.2 Å². The number of hydrogen-bond acceptors (Lipinski definition) is 3. The molecule has 5 nitrogen and oxygen atoms in total. The van der Waals surface area contributed by atoms with Crippen LogP contribution in [0.3, 0.4) is 0 Å². The van der Waals surface area contributed by atoms with Crippen LogP contribution in [0.4, 0.5) is 5.69 Å². The van der Waals surface area contributed by atoms with E-state index in [9.17, 15) is 4.79 Å². The maximum Gasteiger partial charge on any atom is 0.295 e. The van der Waals surface area contributed by atoms with E-state index in [2.05, 4.69) is 36.4 Å². The molecule has 0 saturated heterocycles. The van der Waals surface area contributed by atoms with Crippen molar-refractivity contribution in [3.63, 3.8) is 0 Å². The van der Waals surface area contributed by atoms with Crippen molar-refractivity contribution in [1.82, 2.24) is 15.2 Å². The molecule has 2 rings (SSSR count). The largest absolute Gasteiger partial charge is 0.318 e. The van der Waals surface area contributed by atoms with E-state index in [1.165, 1.54) is 0 Å². The van der Waals surface area contributed by atoms with Gasteiger partial charge in [-0.15, -0.1) is 5.10 Å². The molecule has 1 heterocycles. The highest BCUT2D eigenvalue weighted by atomic mass is 79.9. The Kier molecular flexibility index (Phi) is 4.21. The molecule has 0 bridgehead atoms. The molecule has 2 aromatic rings. The number of anilines is 1. The van der Waals surface area contributed by atoms with Gasteiger partial charge in [-0.3, -0.25) is 9.89 Å². The van der Waals surface area contributed by atoms with Gasteiger partial charge in [-0.1, -0.05) is 25.4 Å². The Hall–Kier alpha value is -1.40. The molecule has 0 radical (unpaired) electrons. The van der Waals surface area contributed by atoms with E-state index in [4.69, 9.17) is 11.6 Å². The fourth-order valence-electron chi connectivity index (χ4n) is 1.41. The van der Waals surface area contributed by atoms with Crippen molar-refractivity contribution in [1.29, 1.82) is 0 Å². The maximum absolute atomic E-state index is 12.0. The molecule has 0 unspecified atom stereocenters. The lowest BCUT2D eigenvalue weighted by molar-refractivity contribution is 0.101. The number of nitrogens with one attached hydrogen (secondary N) is 2. The first-order valence-corrected chi connectivity index (χ1v) is 6.83. The summed E-state index contributed by atoms with van der Waals surface area (Å²) in [6.07, 6.45) is 0. The third-order valence-corrected chi connectivity index (χ3v) is 3.36. The van der Waals surface area contributed by atoms with Crippen LogP contribution in [0.1, 0.15) is 36.2 Å². The van der Waals surface area contributed by atoms with Crippen LogP contribution in [0, 0.1) is 0 Å². The van der Waals surface area contributed by atoms with Gasteiger partial charge in [0.25, 0.3) is 5.91 Å². The number of rotatable bonds is 3. The lowest BCUT2D eigenvalue weighted by atomic mass is 10.2. The first-order chi connectivity index (χ1) is 8.97. The Bertz CT molecular complexity index is 612. The quantitative estimate of drug-likeness (QED) is 0.894. The van der Waals surface area contributed by atoms with E-state index in [0.29, 0.717) is 16.5 Å². The van der Waals surface area contributed by atoms with Crippen molar-refractivity contribution in [2.75, 3.05) is 5.32 Å². The van der Waals surface area contributed by atoms with Gasteiger partial charge < -0.3 is 5.32 Å². The standard InChI is InChI=1S/C12H12BrClN4O/c1-6(2)10-16-11(18-17-10)12(19)15-9-5-7(14)3-4-8(9)13/h3-6H,1-2H3,(H,15,19)(H,16,17,18). The minimum absolute atomic E-state index is 0.107. The molecule has 2 N–H and O–H groups in total. The Morgan fingerprint density at radius 2 is 2.21 bits per heavy atom. The molecular formula is C12H12BrClN4O. The highest BCUT2D eigenvalue weighted by Crippen LogP contribution is 2.26. The van der Waals surface area contributed by atoms with Gasteiger partial charge in [-0.2, -0.15) is 0 Å². The molecule has 1 amide bonds. The molecule has 0 fully saturated rings. The third-order valence-electron chi connectivity index (χ3n) is 2.43. The minimum Gasteiger partial charge on any atom is -0.318 e. The molecule has 1 aromatic carbocycles. The minimum atomic E-state index is -0.383. The van der Waals surface area contributed by atoms with Crippen molar-refractivity contribution in [2.24, 2.45) is 0 Å². The molecule has 0 atom stereocenters. The van der Waals surface area contributed by atoms with Crippen molar-refractivity contribution in [3.8, 4) is 0 Å². The van der Waals surface area contributed by atoms with Crippen LogP contribution in [0.15, 0.2) is 22.7 Å². The van der Waals surface area contributed by atoms with Crippen LogP contribution >= 0.6 is 27.5 Å². The molecule has 0 saturated carbocycles. The fraction of sp³-hybridized carbons (Fsp3) is 0.250. The van der Waals surface area contributed by atoms with E-state index < -0.39 is 0 Å². The first kappa shape index (κ1) is 14.0. The Morgan fingerprint density at radius 1 is 1.47 bits per heavy atom. The second kappa shape index (κ2) is 5.71. The Labute approximate surface area is 123 Å². The van der Waals surface area contributed by atoms with Crippen LogP contribution in [0.25, 0.3) is 0 Å². The predicted molar refractivity (Wildman–Crippen MR) is 77.6 cm³/mol. The van der Waals surface area contributed by atoms with Crippen molar-refractivity contribution in [2.45, 2.75) is 19.8 Å². The number of halogens is 2. The molecule has 19 heavy (non-hydrogen) atoms. The number of nitrogens with zero attached hydrogens (tertiary/aromatic N) is 2. The zero-order valence-corrected chi connectivity index (χ0v) is 12.7. The molecule has 0 aliphatic carbocycles. The molecule has 0 aliphatic rings. The SMILES string of the molecule is CC(C)c1nc(C(=O)Nc2cc(Cl)ccc2Br)n[nH]1. The van der Waals surface area contributed by atoms with Gasteiger partial charge in [0.05, 0.1) is 5.69 Å². The second-order valence-electron chi connectivity index (χ2n) is 4.28. The van der Waals surface area contributed by atoms with Crippen LogP contribution < -0.4 is 5.32 Å². The average Bonchev–Trinajstić information content (AvgIpc) is 2.83. The molecular weight excluding hydrogens is 332 g/mol. The van der Waals surface area contributed by atoms with Crippen LogP contribution in [-0.2, 0) is 0 Å². The van der Waals surface area contributed by atoms with E-state index in [1.807, 2.05) is 13.8 Å². The Morgan fingerprint density at radius 3 is 2.84 bits per heavy atom. The van der Waals surface area contributed by atoms with Gasteiger partial charge in [0.2, 0.25) is 5.82 Å². The zero-order valence-electron chi connectivity index (χ0n) is 10.4. The number of amides is 1. The summed E-state index contributed by atoms with van der Waals surface area (Å²) in [4.78, 5) is 16.1. The maximum atomic E-state index is 12.0. The predicted octanol–water partition coefficient (Wildman–Crippen LogP) is 3.60. The van der Waals surface area contributed by atoms with Gasteiger partial charge in [-0.05, 0) is 34.1 Å². The van der Waals surface area contributed by atoms with Gasteiger partial charge >= 0.3 is 0 Å². The molecule has 0 aliphatic heterocycles. The molecule has 1 aromatic heterocycles. The highest BCUT2D eigenvalue weighted by molar-refractivity contribution is 9.10. The number of carbonyl (C=O) groups excluding carboxylic acids is 1. The summed E-state index contributed by atoms with van der Waals surface area (Å²) in [6, 6.07) is 5.14. The highest BCUT2D eigenvalue weighted by Gasteiger charge is 2.15. The van der Waals surface area contributed by atoms with Gasteiger partial charge in [0.1, 0.15) is 5.82 Å². The molecule has 7 heteroatoms. The van der Waals surface area contributed by atoms with Crippen LogP contribution in [-0.4, -0.2) is 21.1 Å². The topological polar surface area (TPSA) is 70.7 Å². The number of carbonyl (C=O) groups is 1. The summed E-state index contributed by atoms with van der Waals surface area (Å²) in [7, 11) is 0. The summed E-state index contributed by atoms with van der Waals surface area (Å²) in [5.74, 6) is 0.587. The van der Waals surface area contributed by atoms with Crippen molar-refractivity contribution in [3.05, 3.63) is 39.3 Å². The summed E-state index contributed by atoms with van der Waals surface area (Å²) in [6.45, 7) is 3.94. The number of hydrogen-bond donors (Lipinski definition) is 2. The lowest BCUT2D eigenvalue weighted by Gasteiger charge is -2.05. The van der Waals surface area contributed by atoms with E-state index >= 15 is 0 Å². The van der Waals surface area contributed by atoms with Gasteiger partial charge in [0.15, 0.2) is 0 Å². The number of H-pyrrole nitrogens is 1. The second-order valence-corrected chi connectivity index (χ2v) is 5.57. The fourth-order valence-corrected chi connectivity index (χ4v) is 1.92. The van der Waals surface area contributed by atoms with E-state index in [-0.39, 0.29) is 17.6 Å². The van der Waals surface area contributed by atoms with Gasteiger partial charge in [0, 0.05) is 15.4 Å². The summed E-state index contributed by atoms with van der Waals surface area (Å²) >= 11 is 9.22. The van der Waals surface area contributed by atoms with Crippen LogP contribution in [0.2, 0.25) is 5.02 Å². The monoisotopic (exact) mass is 342 g/mol. The van der Waals surface area contributed by atoms with Crippen molar-refractivity contribution >= 4 is 39.1 Å². The molecule has 100 valence electrons. The normalized spacial score (nSPS) is 10.8. The number of benzene rings is 1. The number of aromatic nitrogens is 3. The van der Waals surface area contributed by atoms with Crippen molar-refractivity contribution < 1.29 is 4.79 Å². The Balaban J connectivity index is 2.18. The average molecular weight is 344 g/mol. The lowest BCUT2D eigenvalue weighted by Crippen LogP contribution is -2.14.